The molecule has 2 unspecified atom stereocenters. The highest BCUT2D eigenvalue weighted by molar-refractivity contribution is 4.88. The van der Waals surface area contributed by atoms with Gasteiger partial charge in [-0.15, -0.1) is 0 Å². The Morgan fingerprint density at radius 2 is 1.92 bits per heavy atom. The number of nitrogens with one attached hydrogen (secondary N) is 1. The molecule has 0 bridgehead atoms. The minimum atomic E-state index is 0.741. The van der Waals surface area contributed by atoms with Crippen LogP contribution in [0, 0.1) is 0 Å². The normalized spacial score (nSPS) is 30.0. The van der Waals surface area contributed by atoms with E-state index in [2.05, 4.69) is 31.1 Å². The van der Waals surface area contributed by atoms with Crippen molar-refractivity contribution in [2.45, 2.75) is 45.2 Å². The number of nitrogens with zero attached hydrogens (tertiary/aromatic N) is 1. The number of hydrogen-bond acceptors (Lipinski definition) is 2. The number of hydrogen-bond donors (Lipinski definition) is 1. The molecule has 0 spiro atoms. The van der Waals surface area contributed by atoms with Crippen LogP contribution >= 0.6 is 0 Å². The lowest BCUT2D eigenvalue weighted by Gasteiger charge is -2.30. The van der Waals surface area contributed by atoms with Crippen molar-refractivity contribution in [2.75, 3.05) is 20.1 Å². The van der Waals surface area contributed by atoms with E-state index in [9.17, 15) is 0 Å². The summed E-state index contributed by atoms with van der Waals surface area (Å²) in [5.74, 6) is 0. The molecule has 0 radical (unpaired) electrons. The molecule has 1 N–H and O–H groups in total. The first-order valence-electron chi connectivity index (χ1n) is 5.24. The molecule has 1 fully saturated rings. The maximum absolute atomic E-state index is 3.42. The zero-order valence-electron chi connectivity index (χ0n) is 8.64. The van der Waals surface area contributed by atoms with E-state index in [1.807, 2.05) is 0 Å². The van der Waals surface area contributed by atoms with Gasteiger partial charge in [-0.3, -0.25) is 4.90 Å². The van der Waals surface area contributed by atoms with Crippen molar-refractivity contribution in [2.24, 2.45) is 0 Å². The van der Waals surface area contributed by atoms with Crippen LogP contribution in [0.1, 0.15) is 33.1 Å². The van der Waals surface area contributed by atoms with Gasteiger partial charge in [0.05, 0.1) is 0 Å². The summed E-state index contributed by atoms with van der Waals surface area (Å²) in [6.07, 6.45) is 4.14. The van der Waals surface area contributed by atoms with E-state index < -0.39 is 0 Å². The molecule has 0 amide bonds. The molecule has 1 saturated carbocycles. The monoisotopic (exact) mass is 170 g/mol. The van der Waals surface area contributed by atoms with Gasteiger partial charge in [0.15, 0.2) is 0 Å². The summed E-state index contributed by atoms with van der Waals surface area (Å²) >= 11 is 0. The molecule has 0 aliphatic heterocycles. The van der Waals surface area contributed by atoms with Crippen LogP contribution in [-0.2, 0) is 0 Å². The van der Waals surface area contributed by atoms with Crippen LogP contribution in [0.15, 0.2) is 0 Å². The van der Waals surface area contributed by atoms with Gasteiger partial charge in [-0.2, -0.15) is 0 Å². The van der Waals surface area contributed by atoms with Gasteiger partial charge in [0.2, 0.25) is 0 Å². The maximum Gasteiger partial charge on any atom is 0.0249 e. The maximum atomic E-state index is 3.42. The zero-order valence-corrected chi connectivity index (χ0v) is 8.64. The van der Waals surface area contributed by atoms with E-state index >= 15 is 0 Å². The lowest BCUT2D eigenvalue weighted by Crippen LogP contribution is -2.45. The molecule has 2 nitrogen and oxygen atoms in total. The first kappa shape index (κ1) is 10.0. The molecule has 0 saturated heterocycles. The average Bonchev–Trinajstić information content (AvgIpc) is 2.55. The molecular weight excluding hydrogens is 148 g/mol. The van der Waals surface area contributed by atoms with Crippen molar-refractivity contribution in [3.8, 4) is 0 Å². The fraction of sp³-hybridized carbons (Fsp3) is 1.00. The Morgan fingerprint density at radius 3 is 2.42 bits per heavy atom. The minimum Gasteiger partial charge on any atom is -0.315 e. The van der Waals surface area contributed by atoms with Gasteiger partial charge < -0.3 is 5.32 Å². The second-order valence-electron chi connectivity index (χ2n) is 3.61. The summed E-state index contributed by atoms with van der Waals surface area (Å²) in [5, 5.41) is 3.42. The standard InChI is InChI=1S/C10H22N2/c1-4-12(5-2)10-8-6-7-9(10)11-3/h9-11H,4-8H2,1-3H3. The van der Waals surface area contributed by atoms with Crippen molar-refractivity contribution in [1.29, 1.82) is 0 Å². The molecule has 0 aromatic heterocycles. The Balaban J connectivity index is 2.47. The first-order chi connectivity index (χ1) is 5.83. The Kier molecular flexibility index (Phi) is 4.02. The van der Waals surface area contributed by atoms with E-state index in [1.165, 1.54) is 32.4 Å². The predicted molar refractivity (Wildman–Crippen MR) is 53.4 cm³/mol. The summed E-state index contributed by atoms with van der Waals surface area (Å²) in [6, 6.07) is 1.54. The molecule has 0 heterocycles. The molecule has 0 aromatic rings. The fourth-order valence-electron chi connectivity index (χ4n) is 2.41. The van der Waals surface area contributed by atoms with Crippen LogP contribution in [0.25, 0.3) is 0 Å². The average molecular weight is 170 g/mol. The number of likely N-dealkylation sites (N-methyl/N-ethyl adjacent to an activating group) is 2. The van der Waals surface area contributed by atoms with Crippen molar-refractivity contribution in [1.82, 2.24) is 10.2 Å². The predicted octanol–water partition coefficient (Wildman–Crippen LogP) is 1.47. The van der Waals surface area contributed by atoms with Crippen LogP contribution in [0.4, 0.5) is 0 Å². The first-order valence-corrected chi connectivity index (χ1v) is 5.24. The van der Waals surface area contributed by atoms with Crippen LogP contribution in [0.3, 0.4) is 0 Å². The Hall–Kier alpha value is -0.0800. The van der Waals surface area contributed by atoms with Crippen LogP contribution < -0.4 is 5.32 Å². The summed E-state index contributed by atoms with van der Waals surface area (Å²) in [5.41, 5.74) is 0. The second kappa shape index (κ2) is 4.83. The quantitative estimate of drug-likeness (QED) is 0.687. The molecule has 1 aliphatic carbocycles. The topological polar surface area (TPSA) is 15.3 Å². The van der Waals surface area contributed by atoms with Crippen LogP contribution in [-0.4, -0.2) is 37.1 Å². The summed E-state index contributed by atoms with van der Waals surface area (Å²) < 4.78 is 0. The van der Waals surface area contributed by atoms with Gasteiger partial charge in [0.1, 0.15) is 0 Å². The molecule has 12 heavy (non-hydrogen) atoms. The second-order valence-corrected chi connectivity index (χ2v) is 3.61. The highest BCUT2D eigenvalue weighted by Gasteiger charge is 2.29. The van der Waals surface area contributed by atoms with E-state index in [-0.39, 0.29) is 0 Å². The molecule has 0 aromatic carbocycles. The fourth-order valence-corrected chi connectivity index (χ4v) is 2.41. The molecule has 2 atom stereocenters. The third-order valence-electron chi connectivity index (χ3n) is 3.13. The van der Waals surface area contributed by atoms with Crippen molar-refractivity contribution in [3.63, 3.8) is 0 Å². The van der Waals surface area contributed by atoms with Gasteiger partial charge in [0.25, 0.3) is 0 Å². The Labute approximate surface area is 76.3 Å². The van der Waals surface area contributed by atoms with E-state index in [4.69, 9.17) is 0 Å². The smallest absolute Gasteiger partial charge is 0.0249 e. The largest absolute Gasteiger partial charge is 0.315 e. The molecular formula is C10H22N2. The van der Waals surface area contributed by atoms with Gasteiger partial charge in [0, 0.05) is 12.1 Å². The minimum absolute atomic E-state index is 0.741. The van der Waals surface area contributed by atoms with E-state index in [0.717, 1.165) is 12.1 Å². The van der Waals surface area contributed by atoms with E-state index in [0.29, 0.717) is 0 Å². The van der Waals surface area contributed by atoms with Gasteiger partial charge in [-0.1, -0.05) is 20.3 Å². The highest BCUT2D eigenvalue weighted by atomic mass is 15.2. The zero-order chi connectivity index (χ0) is 8.97. The summed E-state index contributed by atoms with van der Waals surface area (Å²) in [6.45, 7) is 6.90. The summed E-state index contributed by atoms with van der Waals surface area (Å²) in [4.78, 5) is 2.58. The van der Waals surface area contributed by atoms with Gasteiger partial charge in [-0.25, -0.2) is 0 Å². The Morgan fingerprint density at radius 1 is 1.25 bits per heavy atom. The van der Waals surface area contributed by atoms with Gasteiger partial charge >= 0.3 is 0 Å². The highest BCUT2D eigenvalue weighted by Crippen LogP contribution is 2.23. The lowest BCUT2D eigenvalue weighted by atomic mass is 10.1. The van der Waals surface area contributed by atoms with Crippen molar-refractivity contribution in [3.05, 3.63) is 0 Å². The van der Waals surface area contributed by atoms with Crippen LogP contribution in [0.5, 0.6) is 0 Å². The van der Waals surface area contributed by atoms with Crippen LogP contribution in [0.2, 0.25) is 0 Å². The molecule has 2 heteroatoms. The lowest BCUT2D eigenvalue weighted by molar-refractivity contribution is 0.193. The molecule has 1 aliphatic rings. The SMILES string of the molecule is CCN(CC)C1CCCC1NC. The Bertz CT molecular complexity index is 121. The third kappa shape index (κ3) is 1.99. The molecule has 1 rings (SSSR count). The van der Waals surface area contributed by atoms with Crippen molar-refractivity contribution >= 4 is 0 Å². The number of rotatable bonds is 4. The van der Waals surface area contributed by atoms with Gasteiger partial charge in [-0.05, 0) is 33.0 Å². The third-order valence-corrected chi connectivity index (χ3v) is 3.13. The van der Waals surface area contributed by atoms with E-state index in [1.54, 1.807) is 0 Å². The molecule has 72 valence electrons. The van der Waals surface area contributed by atoms with Crippen molar-refractivity contribution < 1.29 is 0 Å². The summed E-state index contributed by atoms with van der Waals surface area (Å²) in [7, 11) is 2.09.